The second-order valence-electron chi connectivity index (χ2n) is 5.35. The Balaban J connectivity index is 1.93. The molecule has 0 saturated carbocycles. The zero-order valence-corrected chi connectivity index (χ0v) is 13.7. The second kappa shape index (κ2) is 6.03. The number of aryl methyl sites for hydroxylation is 1. The van der Waals surface area contributed by atoms with Gasteiger partial charge in [-0.2, -0.15) is 0 Å². The lowest BCUT2D eigenvalue weighted by Crippen LogP contribution is -2.36. The minimum absolute atomic E-state index is 0.912. The van der Waals surface area contributed by atoms with Crippen LogP contribution in [0.3, 0.4) is 0 Å². The van der Waals surface area contributed by atoms with Crippen LogP contribution in [-0.2, 0) is 6.54 Å². The number of rotatable bonds is 4. The van der Waals surface area contributed by atoms with Gasteiger partial charge in [0.15, 0.2) is 5.13 Å². The van der Waals surface area contributed by atoms with Crippen LogP contribution in [0.1, 0.15) is 17.5 Å². The Morgan fingerprint density at radius 2 is 2.00 bits per heavy atom. The van der Waals surface area contributed by atoms with Gasteiger partial charge in [0.25, 0.3) is 0 Å². The molecule has 5 heteroatoms. The summed E-state index contributed by atoms with van der Waals surface area (Å²) >= 11 is 1.80. The van der Waals surface area contributed by atoms with Crippen molar-refractivity contribution >= 4 is 27.8 Å². The molecule has 3 rings (SSSR count). The van der Waals surface area contributed by atoms with E-state index in [1.54, 1.807) is 11.3 Å². The number of hydrogen-bond acceptors (Lipinski definition) is 5. The topological polar surface area (TPSA) is 31.4 Å². The van der Waals surface area contributed by atoms with E-state index in [0.29, 0.717) is 0 Å². The summed E-state index contributed by atoms with van der Waals surface area (Å²) in [7, 11) is 2.15. The van der Waals surface area contributed by atoms with Crippen LogP contribution in [0.4, 0.5) is 16.5 Å². The number of fused-ring (bicyclic) bond motifs is 1. The van der Waals surface area contributed by atoms with Crippen LogP contribution in [0, 0.1) is 6.92 Å². The van der Waals surface area contributed by atoms with E-state index in [1.165, 1.54) is 16.3 Å². The zero-order chi connectivity index (χ0) is 14.8. The predicted octanol–water partition coefficient (Wildman–Crippen LogP) is 3.15. The standard InChI is InChI=1S/C16H22N4S/c1-4-17-11-15-12(2)18-16(21-15)20-10-9-19(3)13-7-5-6-8-14(13)20/h5-8,17H,4,9-11H2,1-3H3. The first kappa shape index (κ1) is 14.4. The molecule has 1 N–H and O–H groups in total. The number of nitrogens with zero attached hydrogens (tertiary/aromatic N) is 3. The predicted molar refractivity (Wildman–Crippen MR) is 90.9 cm³/mol. The van der Waals surface area contributed by atoms with Gasteiger partial charge >= 0.3 is 0 Å². The smallest absolute Gasteiger partial charge is 0.190 e. The fourth-order valence-electron chi connectivity index (χ4n) is 2.64. The van der Waals surface area contributed by atoms with Gasteiger partial charge in [0.1, 0.15) is 0 Å². The van der Waals surface area contributed by atoms with Crippen LogP contribution < -0.4 is 15.1 Å². The van der Waals surface area contributed by atoms with Crippen LogP contribution in [0.25, 0.3) is 0 Å². The average Bonchev–Trinajstić information content (AvgIpc) is 2.87. The molecule has 0 unspecified atom stereocenters. The van der Waals surface area contributed by atoms with Gasteiger partial charge in [-0.15, -0.1) is 0 Å². The number of anilines is 3. The van der Waals surface area contributed by atoms with Crippen LogP contribution >= 0.6 is 11.3 Å². The fourth-order valence-corrected chi connectivity index (χ4v) is 3.71. The zero-order valence-electron chi connectivity index (χ0n) is 12.9. The first-order valence-electron chi connectivity index (χ1n) is 7.45. The van der Waals surface area contributed by atoms with E-state index in [0.717, 1.165) is 37.0 Å². The summed E-state index contributed by atoms with van der Waals surface area (Å²) in [6, 6.07) is 8.57. The summed E-state index contributed by atoms with van der Waals surface area (Å²) in [6.45, 7) is 8.15. The third kappa shape index (κ3) is 2.76. The molecule has 0 radical (unpaired) electrons. The average molecular weight is 302 g/mol. The molecule has 1 aromatic heterocycles. The molecule has 0 atom stereocenters. The van der Waals surface area contributed by atoms with Crippen molar-refractivity contribution in [2.45, 2.75) is 20.4 Å². The van der Waals surface area contributed by atoms with Gasteiger partial charge in [-0.05, 0) is 25.6 Å². The Bertz CT molecular complexity index is 622. The summed E-state index contributed by atoms with van der Waals surface area (Å²) in [5, 5.41) is 4.50. The van der Waals surface area contributed by atoms with Crippen molar-refractivity contribution in [1.82, 2.24) is 10.3 Å². The van der Waals surface area contributed by atoms with Gasteiger partial charge in [0.2, 0.25) is 0 Å². The lowest BCUT2D eigenvalue weighted by atomic mass is 10.2. The number of benzene rings is 1. The van der Waals surface area contributed by atoms with Gasteiger partial charge in [0.05, 0.1) is 17.1 Å². The van der Waals surface area contributed by atoms with Crippen LogP contribution in [-0.4, -0.2) is 31.7 Å². The van der Waals surface area contributed by atoms with E-state index in [9.17, 15) is 0 Å². The maximum absolute atomic E-state index is 4.80. The Labute approximate surface area is 130 Å². The number of nitrogens with one attached hydrogen (secondary N) is 1. The quantitative estimate of drug-likeness (QED) is 0.940. The Hall–Kier alpha value is -1.59. The lowest BCUT2D eigenvalue weighted by Gasteiger charge is -2.35. The third-order valence-electron chi connectivity index (χ3n) is 3.89. The van der Waals surface area contributed by atoms with Crippen LogP contribution in [0.5, 0.6) is 0 Å². The molecule has 1 aromatic carbocycles. The van der Waals surface area contributed by atoms with E-state index in [1.807, 2.05) is 0 Å². The number of aromatic nitrogens is 1. The molecule has 4 nitrogen and oxygen atoms in total. The van der Waals surface area contributed by atoms with Gasteiger partial charge < -0.3 is 15.1 Å². The Kier molecular flexibility index (Phi) is 4.12. The maximum Gasteiger partial charge on any atom is 0.190 e. The van der Waals surface area contributed by atoms with Gasteiger partial charge in [-0.1, -0.05) is 30.4 Å². The minimum Gasteiger partial charge on any atom is -0.371 e. The molecule has 0 spiro atoms. The highest BCUT2D eigenvalue weighted by Crippen LogP contribution is 2.39. The summed E-state index contributed by atoms with van der Waals surface area (Å²) in [6.07, 6.45) is 0. The van der Waals surface area contributed by atoms with Crippen molar-refractivity contribution in [3.05, 3.63) is 34.8 Å². The highest BCUT2D eigenvalue weighted by molar-refractivity contribution is 7.15. The summed E-state index contributed by atoms with van der Waals surface area (Å²) in [5.41, 5.74) is 3.69. The molecule has 0 amide bonds. The van der Waals surface area contributed by atoms with Gasteiger partial charge in [-0.3, -0.25) is 0 Å². The monoisotopic (exact) mass is 302 g/mol. The summed E-state index contributed by atoms with van der Waals surface area (Å²) in [4.78, 5) is 10.8. The second-order valence-corrected chi connectivity index (χ2v) is 6.41. The molecule has 1 aliphatic rings. The SMILES string of the molecule is CCNCc1sc(N2CCN(C)c3ccccc32)nc1C. The highest BCUT2D eigenvalue weighted by atomic mass is 32.1. The van der Waals surface area contributed by atoms with Crippen LogP contribution in [0.2, 0.25) is 0 Å². The van der Waals surface area contributed by atoms with Crippen molar-refractivity contribution in [1.29, 1.82) is 0 Å². The lowest BCUT2D eigenvalue weighted by molar-refractivity contribution is 0.731. The molecule has 1 aliphatic heterocycles. The van der Waals surface area contributed by atoms with E-state index < -0.39 is 0 Å². The van der Waals surface area contributed by atoms with Crippen molar-refractivity contribution in [3.63, 3.8) is 0 Å². The molecule has 0 bridgehead atoms. The molecular weight excluding hydrogens is 280 g/mol. The Morgan fingerprint density at radius 3 is 2.76 bits per heavy atom. The molecule has 112 valence electrons. The molecule has 2 heterocycles. The number of likely N-dealkylation sites (N-methyl/N-ethyl adjacent to an activating group) is 1. The van der Waals surface area contributed by atoms with Crippen molar-refractivity contribution in [2.75, 3.05) is 36.5 Å². The van der Waals surface area contributed by atoms with Crippen molar-refractivity contribution < 1.29 is 0 Å². The number of thiazole rings is 1. The van der Waals surface area contributed by atoms with E-state index in [4.69, 9.17) is 4.98 Å². The minimum atomic E-state index is 0.912. The van der Waals surface area contributed by atoms with Crippen LogP contribution in [0.15, 0.2) is 24.3 Å². The largest absolute Gasteiger partial charge is 0.371 e. The summed E-state index contributed by atoms with van der Waals surface area (Å²) < 4.78 is 0. The number of hydrogen-bond donors (Lipinski definition) is 1. The summed E-state index contributed by atoms with van der Waals surface area (Å²) in [5.74, 6) is 0. The molecule has 0 fully saturated rings. The number of para-hydroxylation sites is 2. The molecule has 2 aromatic rings. The third-order valence-corrected chi connectivity index (χ3v) is 5.07. The first-order valence-corrected chi connectivity index (χ1v) is 8.27. The molecule has 21 heavy (non-hydrogen) atoms. The van der Waals surface area contributed by atoms with E-state index in [2.05, 4.69) is 60.3 Å². The van der Waals surface area contributed by atoms with Gasteiger partial charge in [0, 0.05) is 31.6 Å². The normalized spacial score (nSPS) is 14.4. The fraction of sp³-hybridized carbons (Fsp3) is 0.438. The van der Waals surface area contributed by atoms with E-state index in [-0.39, 0.29) is 0 Å². The molecule has 0 saturated heterocycles. The maximum atomic E-state index is 4.80. The molecule has 0 aliphatic carbocycles. The van der Waals surface area contributed by atoms with Gasteiger partial charge in [-0.25, -0.2) is 4.98 Å². The first-order chi connectivity index (χ1) is 10.2. The van der Waals surface area contributed by atoms with Crippen molar-refractivity contribution in [2.24, 2.45) is 0 Å². The highest BCUT2D eigenvalue weighted by Gasteiger charge is 2.23. The van der Waals surface area contributed by atoms with Crippen molar-refractivity contribution in [3.8, 4) is 0 Å². The molecular formula is C16H22N4S. The Morgan fingerprint density at radius 1 is 1.24 bits per heavy atom. The van der Waals surface area contributed by atoms with E-state index >= 15 is 0 Å².